The third kappa shape index (κ3) is 2.11. The Bertz CT molecular complexity index is 676. The largest absolute Gasteiger partial charge is 0.397 e. The van der Waals surface area contributed by atoms with Gasteiger partial charge in [-0.05, 0) is 25.0 Å². The van der Waals surface area contributed by atoms with Gasteiger partial charge in [-0.3, -0.25) is 19.3 Å². The van der Waals surface area contributed by atoms with Crippen LogP contribution in [-0.2, 0) is 19.1 Å². The summed E-state index contributed by atoms with van der Waals surface area (Å²) in [5, 5.41) is 2.64. The molecule has 3 saturated heterocycles. The minimum atomic E-state index is -0.433. The average Bonchev–Trinajstić information content (AvgIpc) is 3.19. The zero-order valence-electron chi connectivity index (χ0n) is 12.4. The molecule has 2 bridgehead atoms. The Morgan fingerprint density at radius 2 is 1.78 bits per heavy atom. The molecular formula is C16H17N3O4. The summed E-state index contributed by atoms with van der Waals surface area (Å²) in [7, 11) is 0. The molecule has 0 spiro atoms. The molecule has 0 aromatic heterocycles. The number of amides is 3. The molecule has 23 heavy (non-hydrogen) atoms. The first kappa shape index (κ1) is 14.2. The highest BCUT2D eigenvalue weighted by molar-refractivity contribution is 6.09. The maximum Gasteiger partial charge on any atom is 0.244 e. The predicted octanol–water partition coefficient (Wildman–Crippen LogP) is 0.370. The van der Waals surface area contributed by atoms with Gasteiger partial charge in [0.15, 0.2) is 0 Å². The van der Waals surface area contributed by atoms with Crippen LogP contribution in [0, 0.1) is 11.8 Å². The second-order valence-corrected chi connectivity index (χ2v) is 6.24. The smallest absolute Gasteiger partial charge is 0.244 e. The van der Waals surface area contributed by atoms with Crippen molar-refractivity contribution in [2.24, 2.45) is 11.8 Å². The number of rotatable bonds is 3. The van der Waals surface area contributed by atoms with Gasteiger partial charge >= 0.3 is 0 Å². The Labute approximate surface area is 132 Å². The Kier molecular flexibility index (Phi) is 3.12. The number of para-hydroxylation sites is 2. The van der Waals surface area contributed by atoms with Crippen molar-refractivity contribution in [3.8, 4) is 0 Å². The molecule has 4 atom stereocenters. The number of nitrogen functional groups attached to an aromatic ring is 1. The first-order valence-corrected chi connectivity index (χ1v) is 7.71. The van der Waals surface area contributed by atoms with Crippen LogP contribution in [0.1, 0.15) is 12.8 Å². The number of benzene rings is 1. The van der Waals surface area contributed by atoms with Crippen molar-refractivity contribution in [1.29, 1.82) is 0 Å². The lowest BCUT2D eigenvalue weighted by molar-refractivity contribution is -0.145. The Hall–Kier alpha value is -2.41. The van der Waals surface area contributed by atoms with E-state index in [4.69, 9.17) is 10.5 Å². The Balaban J connectivity index is 1.47. The number of nitrogens with one attached hydrogen (secondary N) is 1. The number of fused-ring (bicyclic) bond motifs is 5. The fourth-order valence-electron chi connectivity index (χ4n) is 3.87. The Morgan fingerprint density at radius 3 is 2.39 bits per heavy atom. The lowest BCUT2D eigenvalue weighted by Crippen LogP contribution is -2.40. The minimum absolute atomic E-state index is 0.167. The molecule has 3 N–H and O–H groups in total. The molecule has 3 heterocycles. The summed E-state index contributed by atoms with van der Waals surface area (Å²) in [4.78, 5) is 38.2. The van der Waals surface area contributed by atoms with E-state index in [2.05, 4.69) is 5.32 Å². The van der Waals surface area contributed by atoms with Gasteiger partial charge in [0.25, 0.3) is 0 Å². The number of imide groups is 1. The van der Waals surface area contributed by atoms with E-state index >= 15 is 0 Å². The summed E-state index contributed by atoms with van der Waals surface area (Å²) < 4.78 is 5.66. The lowest BCUT2D eigenvalue weighted by Gasteiger charge is -2.17. The lowest BCUT2D eigenvalue weighted by atomic mass is 9.81. The van der Waals surface area contributed by atoms with E-state index in [0.29, 0.717) is 11.4 Å². The number of hydrogen-bond donors (Lipinski definition) is 2. The van der Waals surface area contributed by atoms with Crippen LogP contribution < -0.4 is 11.1 Å². The van der Waals surface area contributed by atoms with Crippen LogP contribution in [0.3, 0.4) is 0 Å². The number of anilines is 2. The summed E-state index contributed by atoms with van der Waals surface area (Å²) in [6, 6.07) is 6.85. The van der Waals surface area contributed by atoms with Crippen molar-refractivity contribution in [2.75, 3.05) is 17.6 Å². The van der Waals surface area contributed by atoms with E-state index in [1.165, 1.54) is 0 Å². The van der Waals surface area contributed by atoms with Gasteiger partial charge in [-0.25, -0.2) is 0 Å². The van der Waals surface area contributed by atoms with Gasteiger partial charge in [0.2, 0.25) is 17.7 Å². The molecule has 120 valence electrons. The normalized spacial score (nSPS) is 31.6. The van der Waals surface area contributed by atoms with E-state index in [1.54, 1.807) is 24.3 Å². The van der Waals surface area contributed by atoms with Crippen LogP contribution in [0.25, 0.3) is 0 Å². The van der Waals surface area contributed by atoms with Crippen LogP contribution in [0.5, 0.6) is 0 Å². The van der Waals surface area contributed by atoms with Crippen molar-refractivity contribution in [1.82, 2.24) is 4.90 Å². The van der Waals surface area contributed by atoms with E-state index in [9.17, 15) is 14.4 Å². The fraction of sp³-hybridized carbons (Fsp3) is 0.438. The topological polar surface area (TPSA) is 102 Å². The molecule has 3 fully saturated rings. The van der Waals surface area contributed by atoms with Crippen molar-refractivity contribution < 1.29 is 19.1 Å². The van der Waals surface area contributed by atoms with E-state index in [0.717, 1.165) is 17.7 Å². The molecule has 4 rings (SSSR count). The fourth-order valence-corrected chi connectivity index (χ4v) is 3.87. The first-order chi connectivity index (χ1) is 11.1. The SMILES string of the molecule is Nc1ccccc1NC(=O)CN1C(=O)C2C3CCC(O3)C2C1=O. The number of ether oxygens (including phenoxy) is 1. The summed E-state index contributed by atoms with van der Waals surface area (Å²) >= 11 is 0. The number of nitrogens with zero attached hydrogens (tertiary/aromatic N) is 1. The minimum Gasteiger partial charge on any atom is -0.397 e. The van der Waals surface area contributed by atoms with Crippen LogP contribution in [0.15, 0.2) is 24.3 Å². The Morgan fingerprint density at radius 1 is 1.17 bits per heavy atom. The van der Waals surface area contributed by atoms with Gasteiger partial charge < -0.3 is 15.8 Å². The van der Waals surface area contributed by atoms with Gasteiger partial charge in [-0.1, -0.05) is 12.1 Å². The summed E-state index contributed by atoms with van der Waals surface area (Å²) in [6.45, 7) is -0.279. The third-order valence-corrected chi connectivity index (χ3v) is 4.91. The molecule has 0 aliphatic carbocycles. The van der Waals surface area contributed by atoms with Gasteiger partial charge in [0.05, 0.1) is 35.4 Å². The molecule has 7 heteroatoms. The van der Waals surface area contributed by atoms with Crippen molar-refractivity contribution in [3.05, 3.63) is 24.3 Å². The van der Waals surface area contributed by atoms with Gasteiger partial charge in [0, 0.05) is 0 Å². The number of carbonyl (C=O) groups is 3. The molecular weight excluding hydrogens is 298 g/mol. The molecule has 4 unspecified atom stereocenters. The van der Waals surface area contributed by atoms with E-state index in [1.807, 2.05) is 0 Å². The highest BCUT2D eigenvalue weighted by Crippen LogP contribution is 2.48. The van der Waals surface area contributed by atoms with Crippen molar-refractivity contribution in [2.45, 2.75) is 25.0 Å². The van der Waals surface area contributed by atoms with Gasteiger partial charge in [-0.15, -0.1) is 0 Å². The molecule has 1 aromatic carbocycles. The number of carbonyl (C=O) groups excluding carboxylic acids is 3. The number of hydrogen-bond acceptors (Lipinski definition) is 5. The molecule has 3 aliphatic heterocycles. The monoisotopic (exact) mass is 315 g/mol. The third-order valence-electron chi connectivity index (χ3n) is 4.91. The van der Waals surface area contributed by atoms with Crippen molar-refractivity contribution in [3.63, 3.8) is 0 Å². The first-order valence-electron chi connectivity index (χ1n) is 7.71. The molecule has 3 aliphatic rings. The molecule has 3 amide bonds. The molecule has 0 saturated carbocycles. The van der Waals surface area contributed by atoms with Gasteiger partial charge in [0.1, 0.15) is 6.54 Å². The number of likely N-dealkylation sites (tertiary alicyclic amines) is 1. The van der Waals surface area contributed by atoms with Crippen molar-refractivity contribution >= 4 is 29.1 Å². The molecule has 1 aromatic rings. The van der Waals surface area contributed by atoms with Crippen LogP contribution in [0.4, 0.5) is 11.4 Å². The van der Waals surface area contributed by atoms with Crippen LogP contribution in [0.2, 0.25) is 0 Å². The van der Waals surface area contributed by atoms with E-state index < -0.39 is 17.7 Å². The predicted molar refractivity (Wildman–Crippen MR) is 81.1 cm³/mol. The zero-order valence-corrected chi connectivity index (χ0v) is 12.4. The standard InChI is InChI=1S/C16H17N3O4/c17-8-3-1-2-4-9(8)18-12(20)7-19-15(21)13-10-5-6-11(23-10)14(13)16(19)22/h1-4,10-11,13-14H,5-7,17H2,(H,18,20). The molecule has 0 radical (unpaired) electrons. The maximum atomic E-state index is 12.5. The maximum absolute atomic E-state index is 12.5. The average molecular weight is 315 g/mol. The highest BCUT2D eigenvalue weighted by atomic mass is 16.5. The summed E-state index contributed by atoms with van der Waals surface area (Å²) in [5.74, 6) is -1.82. The summed E-state index contributed by atoms with van der Waals surface area (Å²) in [5.41, 5.74) is 6.68. The second kappa shape index (κ2) is 5.06. The summed E-state index contributed by atoms with van der Waals surface area (Å²) in [6.07, 6.45) is 1.29. The van der Waals surface area contributed by atoms with Crippen LogP contribution in [-0.4, -0.2) is 41.4 Å². The zero-order chi connectivity index (χ0) is 16.1. The quantitative estimate of drug-likeness (QED) is 0.620. The van der Waals surface area contributed by atoms with E-state index in [-0.39, 0.29) is 30.6 Å². The molecule has 7 nitrogen and oxygen atoms in total. The second-order valence-electron chi connectivity index (χ2n) is 6.24. The highest BCUT2D eigenvalue weighted by Gasteiger charge is 2.62. The number of nitrogens with two attached hydrogens (primary N) is 1. The van der Waals surface area contributed by atoms with Gasteiger partial charge in [-0.2, -0.15) is 0 Å². The van der Waals surface area contributed by atoms with Crippen LogP contribution >= 0.6 is 0 Å².